The van der Waals surface area contributed by atoms with E-state index in [-0.39, 0.29) is 5.91 Å². The third kappa shape index (κ3) is 4.39. The summed E-state index contributed by atoms with van der Waals surface area (Å²) in [6, 6.07) is 12.7. The number of hydrogen-bond acceptors (Lipinski definition) is 5. The first kappa shape index (κ1) is 21.4. The van der Waals surface area contributed by atoms with Gasteiger partial charge in [0.25, 0.3) is 5.91 Å². The van der Waals surface area contributed by atoms with Gasteiger partial charge in [-0.15, -0.1) is 11.3 Å². The zero-order valence-corrected chi connectivity index (χ0v) is 19.7. The van der Waals surface area contributed by atoms with E-state index in [0.717, 1.165) is 46.9 Å². The lowest BCUT2D eigenvalue weighted by molar-refractivity contribution is 0.0831. The number of thiophene rings is 1. The topological polar surface area (TPSA) is 45.7 Å². The molecule has 1 amide bonds. The molecule has 0 spiro atoms. The van der Waals surface area contributed by atoms with E-state index in [1.807, 2.05) is 26.4 Å². The summed E-state index contributed by atoms with van der Waals surface area (Å²) in [5.41, 5.74) is 2.51. The molecule has 0 radical (unpaired) electrons. The number of carbonyl (C=O) groups is 1. The van der Waals surface area contributed by atoms with Gasteiger partial charge in [0.05, 0.1) is 11.0 Å². The number of likely N-dealkylation sites (tertiary alicyclic amines) is 1. The highest BCUT2D eigenvalue weighted by Gasteiger charge is 2.31. The average molecular weight is 450 g/mol. The summed E-state index contributed by atoms with van der Waals surface area (Å²) < 4.78 is 6.11. The van der Waals surface area contributed by atoms with Gasteiger partial charge < -0.3 is 9.64 Å². The van der Waals surface area contributed by atoms with E-state index in [2.05, 4.69) is 40.2 Å². The first-order valence-corrected chi connectivity index (χ1v) is 12.5. The number of pyridine rings is 1. The van der Waals surface area contributed by atoms with Crippen LogP contribution in [0.3, 0.4) is 0 Å². The molecule has 3 aromatic rings. The summed E-state index contributed by atoms with van der Waals surface area (Å²) in [5, 5.41) is 1.14. The van der Waals surface area contributed by atoms with Gasteiger partial charge in [-0.2, -0.15) is 0 Å². The predicted octanol–water partition coefficient (Wildman–Crippen LogP) is 5.31. The second-order valence-corrected chi connectivity index (χ2v) is 10.3. The van der Waals surface area contributed by atoms with Crippen molar-refractivity contribution in [2.45, 2.75) is 50.7 Å². The molecule has 2 fully saturated rings. The molecule has 5 nitrogen and oxygen atoms in total. The third-order valence-corrected chi connectivity index (χ3v) is 7.84. The van der Waals surface area contributed by atoms with Crippen LogP contribution in [0.25, 0.3) is 10.2 Å². The normalized spacial score (nSPS) is 19.6. The number of benzene rings is 1. The lowest BCUT2D eigenvalue weighted by atomic mass is 9.95. The van der Waals surface area contributed by atoms with E-state index in [1.165, 1.54) is 48.1 Å². The fourth-order valence-corrected chi connectivity index (χ4v) is 6.31. The van der Waals surface area contributed by atoms with Crippen molar-refractivity contribution in [2.24, 2.45) is 0 Å². The monoisotopic (exact) mass is 449 g/mol. The number of ether oxygens (including phenoxy) is 1. The van der Waals surface area contributed by atoms with E-state index in [0.29, 0.717) is 12.0 Å². The number of nitrogens with zero attached hydrogens (tertiary/aromatic N) is 3. The average Bonchev–Trinajstić information content (AvgIpc) is 3.54. The molecule has 0 N–H and O–H groups in total. The zero-order valence-electron chi connectivity index (χ0n) is 18.9. The number of carbonyl (C=O) groups excluding carboxylic acids is 1. The summed E-state index contributed by atoms with van der Waals surface area (Å²) in [6.45, 7) is 2.93. The molecular weight excluding hydrogens is 418 g/mol. The van der Waals surface area contributed by atoms with Gasteiger partial charge in [0.15, 0.2) is 0 Å². The van der Waals surface area contributed by atoms with E-state index in [1.54, 1.807) is 4.90 Å². The molecule has 6 heteroatoms. The Morgan fingerprint density at radius 3 is 2.69 bits per heavy atom. The number of hydrogen-bond donors (Lipinski definition) is 0. The predicted molar refractivity (Wildman–Crippen MR) is 130 cm³/mol. The number of aromatic nitrogens is 1. The SMILES string of the molecule is CN(C)C(=O)c1sc2ncccc2c1C1CCN(Cc2ccc(OC3CCCC3)cc2)C1. The van der Waals surface area contributed by atoms with Crippen LogP contribution in [-0.4, -0.2) is 54.0 Å². The van der Waals surface area contributed by atoms with Crippen molar-refractivity contribution in [3.05, 3.63) is 58.6 Å². The van der Waals surface area contributed by atoms with Crippen LogP contribution in [0.5, 0.6) is 5.75 Å². The van der Waals surface area contributed by atoms with Gasteiger partial charge in [-0.3, -0.25) is 9.69 Å². The van der Waals surface area contributed by atoms with Crippen LogP contribution < -0.4 is 4.74 Å². The lowest BCUT2D eigenvalue weighted by Gasteiger charge is -2.18. The van der Waals surface area contributed by atoms with Gasteiger partial charge >= 0.3 is 0 Å². The number of amides is 1. The first-order valence-electron chi connectivity index (χ1n) is 11.7. The van der Waals surface area contributed by atoms with Crippen LogP contribution in [0.2, 0.25) is 0 Å². The van der Waals surface area contributed by atoms with Gasteiger partial charge in [-0.1, -0.05) is 18.2 Å². The lowest BCUT2D eigenvalue weighted by Crippen LogP contribution is -2.23. The molecule has 168 valence electrons. The first-order chi connectivity index (χ1) is 15.6. The molecular formula is C26H31N3O2S. The van der Waals surface area contributed by atoms with Crippen LogP contribution in [0.1, 0.15) is 58.8 Å². The van der Waals surface area contributed by atoms with Gasteiger partial charge in [0.1, 0.15) is 10.6 Å². The highest BCUT2D eigenvalue weighted by molar-refractivity contribution is 7.20. The standard InChI is InChI=1S/C26H31N3O2S/c1-28(2)26(30)24-23(22-8-5-14-27-25(22)32-24)19-13-15-29(17-19)16-18-9-11-21(12-10-18)31-20-6-3-4-7-20/h5,8-12,14,19-20H,3-4,6-7,13,15-17H2,1-2H3. The Morgan fingerprint density at radius 2 is 1.94 bits per heavy atom. The van der Waals surface area contributed by atoms with Crippen LogP contribution in [-0.2, 0) is 6.54 Å². The maximum atomic E-state index is 12.9. The summed E-state index contributed by atoms with van der Waals surface area (Å²) in [6.07, 6.45) is 8.22. The molecule has 1 aromatic carbocycles. The smallest absolute Gasteiger partial charge is 0.263 e. The Labute approximate surface area is 194 Å². The molecule has 1 aliphatic heterocycles. The quantitative estimate of drug-likeness (QED) is 0.512. The van der Waals surface area contributed by atoms with Gasteiger partial charge in [0, 0.05) is 44.7 Å². The molecule has 32 heavy (non-hydrogen) atoms. The van der Waals surface area contributed by atoms with Crippen molar-refractivity contribution in [2.75, 3.05) is 27.2 Å². The minimum atomic E-state index is 0.0827. The molecule has 3 heterocycles. The molecule has 2 aliphatic rings. The highest BCUT2D eigenvalue weighted by Crippen LogP contribution is 2.40. The minimum Gasteiger partial charge on any atom is -0.490 e. The molecule has 1 saturated carbocycles. The largest absolute Gasteiger partial charge is 0.490 e. The van der Waals surface area contributed by atoms with Crippen LogP contribution in [0.4, 0.5) is 0 Å². The fourth-order valence-electron chi connectivity index (χ4n) is 5.06. The summed E-state index contributed by atoms with van der Waals surface area (Å²) in [7, 11) is 3.65. The van der Waals surface area contributed by atoms with Crippen molar-refractivity contribution < 1.29 is 9.53 Å². The highest BCUT2D eigenvalue weighted by atomic mass is 32.1. The van der Waals surface area contributed by atoms with Gasteiger partial charge in [-0.25, -0.2) is 4.98 Å². The Kier molecular flexibility index (Phi) is 6.15. The van der Waals surface area contributed by atoms with Crippen molar-refractivity contribution >= 4 is 27.5 Å². The van der Waals surface area contributed by atoms with E-state index >= 15 is 0 Å². The molecule has 5 rings (SSSR count). The molecule has 1 unspecified atom stereocenters. The van der Waals surface area contributed by atoms with E-state index < -0.39 is 0 Å². The van der Waals surface area contributed by atoms with E-state index in [4.69, 9.17) is 4.74 Å². The van der Waals surface area contributed by atoms with Crippen molar-refractivity contribution in [1.82, 2.24) is 14.8 Å². The Morgan fingerprint density at radius 1 is 1.16 bits per heavy atom. The molecule has 1 atom stereocenters. The molecule has 2 aromatic heterocycles. The number of fused-ring (bicyclic) bond motifs is 1. The van der Waals surface area contributed by atoms with Crippen molar-refractivity contribution in [3.8, 4) is 5.75 Å². The maximum Gasteiger partial charge on any atom is 0.263 e. The van der Waals surface area contributed by atoms with Gasteiger partial charge in [0.2, 0.25) is 0 Å². The van der Waals surface area contributed by atoms with Crippen LogP contribution in [0.15, 0.2) is 42.6 Å². The van der Waals surface area contributed by atoms with Crippen LogP contribution >= 0.6 is 11.3 Å². The zero-order chi connectivity index (χ0) is 22.1. The third-order valence-electron chi connectivity index (χ3n) is 6.72. The second kappa shape index (κ2) is 9.20. The Balaban J connectivity index is 1.29. The summed E-state index contributed by atoms with van der Waals surface area (Å²) in [4.78, 5) is 23.4. The summed E-state index contributed by atoms with van der Waals surface area (Å²) in [5.74, 6) is 1.43. The van der Waals surface area contributed by atoms with Crippen molar-refractivity contribution in [1.29, 1.82) is 0 Å². The Hall–Kier alpha value is -2.44. The van der Waals surface area contributed by atoms with E-state index in [9.17, 15) is 4.79 Å². The Bertz CT molecular complexity index is 1090. The second-order valence-electron chi connectivity index (χ2n) is 9.29. The minimum absolute atomic E-state index is 0.0827. The summed E-state index contributed by atoms with van der Waals surface area (Å²) >= 11 is 1.53. The maximum absolute atomic E-state index is 12.9. The molecule has 0 bridgehead atoms. The van der Waals surface area contributed by atoms with Gasteiger partial charge in [-0.05, 0) is 68.0 Å². The molecule has 1 saturated heterocycles. The van der Waals surface area contributed by atoms with Crippen molar-refractivity contribution in [3.63, 3.8) is 0 Å². The molecule has 1 aliphatic carbocycles. The fraction of sp³-hybridized carbons (Fsp3) is 0.462. The number of rotatable bonds is 6. The van der Waals surface area contributed by atoms with Crippen LogP contribution in [0, 0.1) is 0 Å².